The molecule has 2 heterocycles. The fourth-order valence-electron chi connectivity index (χ4n) is 3.71. The highest BCUT2D eigenvalue weighted by Gasteiger charge is 2.23. The molecule has 172 valence electrons. The maximum absolute atomic E-state index is 5.55. The summed E-state index contributed by atoms with van der Waals surface area (Å²) >= 11 is 1.81. The van der Waals surface area contributed by atoms with Crippen LogP contribution in [0.15, 0.2) is 46.8 Å². The second kappa shape index (κ2) is 13.9. The summed E-state index contributed by atoms with van der Waals surface area (Å²) in [5.41, 5.74) is 1.18. The zero-order valence-electron chi connectivity index (χ0n) is 18.7. The largest absolute Gasteiger partial charge is 0.496 e. The minimum absolute atomic E-state index is 0. The number of ether oxygens (including phenoxy) is 2. The Morgan fingerprint density at radius 3 is 2.65 bits per heavy atom. The van der Waals surface area contributed by atoms with Crippen molar-refractivity contribution in [1.82, 2.24) is 15.5 Å². The third-order valence-electron chi connectivity index (χ3n) is 5.36. The molecule has 0 bridgehead atoms. The molecule has 6 nitrogen and oxygen atoms in total. The van der Waals surface area contributed by atoms with Gasteiger partial charge in [0.05, 0.1) is 26.4 Å². The van der Waals surface area contributed by atoms with Crippen molar-refractivity contribution in [2.45, 2.75) is 25.8 Å². The topological polar surface area (TPSA) is 58.1 Å². The number of hydrogen-bond donors (Lipinski definition) is 2. The van der Waals surface area contributed by atoms with Crippen LogP contribution in [0.5, 0.6) is 5.75 Å². The molecule has 1 aliphatic rings. The van der Waals surface area contributed by atoms with E-state index in [1.165, 1.54) is 10.4 Å². The van der Waals surface area contributed by atoms with E-state index < -0.39 is 0 Å². The predicted molar refractivity (Wildman–Crippen MR) is 140 cm³/mol. The lowest BCUT2D eigenvalue weighted by Gasteiger charge is -2.34. The Bertz CT molecular complexity index is 782. The summed E-state index contributed by atoms with van der Waals surface area (Å²) in [6.45, 7) is 10.1. The van der Waals surface area contributed by atoms with E-state index in [4.69, 9.17) is 14.5 Å². The van der Waals surface area contributed by atoms with E-state index in [2.05, 4.69) is 59.0 Å². The van der Waals surface area contributed by atoms with Crippen LogP contribution in [0.4, 0.5) is 0 Å². The normalized spacial score (nSPS) is 16.8. The first-order valence-electron chi connectivity index (χ1n) is 10.7. The third kappa shape index (κ3) is 7.62. The Hall–Kier alpha value is -1.36. The number of methoxy groups -OCH3 is 1. The summed E-state index contributed by atoms with van der Waals surface area (Å²) in [5, 5.41) is 9.11. The highest BCUT2D eigenvalue weighted by Crippen LogP contribution is 2.27. The van der Waals surface area contributed by atoms with Gasteiger partial charge in [-0.2, -0.15) is 0 Å². The minimum atomic E-state index is 0. The van der Waals surface area contributed by atoms with E-state index in [0.29, 0.717) is 12.6 Å². The fourth-order valence-corrected chi connectivity index (χ4v) is 4.58. The number of nitrogens with one attached hydrogen (secondary N) is 2. The van der Waals surface area contributed by atoms with Gasteiger partial charge in [-0.3, -0.25) is 9.89 Å². The molecular weight excluding hydrogens is 523 g/mol. The van der Waals surface area contributed by atoms with Crippen molar-refractivity contribution in [2.75, 3.05) is 53.0 Å². The molecule has 0 aliphatic carbocycles. The van der Waals surface area contributed by atoms with Crippen molar-refractivity contribution in [3.05, 3.63) is 52.2 Å². The first-order chi connectivity index (χ1) is 14.7. The van der Waals surface area contributed by atoms with Crippen LogP contribution >= 0.6 is 35.3 Å². The number of nitrogens with zero attached hydrogens (tertiary/aromatic N) is 2. The number of para-hydroxylation sites is 1. The van der Waals surface area contributed by atoms with Gasteiger partial charge < -0.3 is 20.1 Å². The molecule has 1 saturated heterocycles. The maximum Gasteiger partial charge on any atom is 0.191 e. The van der Waals surface area contributed by atoms with E-state index in [-0.39, 0.29) is 29.9 Å². The molecule has 8 heteroatoms. The van der Waals surface area contributed by atoms with Gasteiger partial charge in [0.15, 0.2) is 5.96 Å². The van der Waals surface area contributed by atoms with Gasteiger partial charge in [-0.15, -0.1) is 35.3 Å². The molecule has 3 rings (SSSR count). The van der Waals surface area contributed by atoms with Crippen LogP contribution in [0.1, 0.15) is 36.2 Å². The Morgan fingerprint density at radius 1 is 1.19 bits per heavy atom. The monoisotopic (exact) mass is 558 g/mol. The second-order valence-corrected chi connectivity index (χ2v) is 8.40. The van der Waals surface area contributed by atoms with Gasteiger partial charge in [0.2, 0.25) is 0 Å². The van der Waals surface area contributed by atoms with Crippen LogP contribution in [0.2, 0.25) is 0 Å². The molecule has 31 heavy (non-hydrogen) atoms. The highest BCUT2D eigenvalue weighted by molar-refractivity contribution is 14.0. The van der Waals surface area contributed by atoms with E-state index in [1.807, 2.05) is 23.5 Å². The van der Waals surface area contributed by atoms with Gasteiger partial charge in [0.25, 0.3) is 0 Å². The van der Waals surface area contributed by atoms with Gasteiger partial charge >= 0.3 is 0 Å². The summed E-state index contributed by atoms with van der Waals surface area (Å²) in [6, 6.07) is 12.8. The first kappa shape index (κ1) is 25.9. The summed E-state index contributed by atoms with van der Waals surface area (Å²) in [7, 11) is 1.72. The van der Waals surface area contributed by atoms with Gasteiger partial charge in [-0.05, 0) is 30.0 Å². The molecule has 2 aromatic rings. The van der Waals surface area contributed by atoms with Crippen molar-refractivity contribution in [3.8, 4) is 5.75 Å². The summed E-state index contributed by atoms with van der Waals surface area (Å²) in [6.07, 6.45) is 0. The Balaban J connectivity index is 0.00000341. The maximum atomic E-state index is 5.55. The average molecular weight is 559 g/mol. The zero-order valence-corrected chi connectivity index (χ0v) is 21.8. The van der Waals surface area contributed by atoms with Crippen LogP contribution in [0.25, 0.3) is 0 Å². The summed E-state index contributed by atoms with van der Waals surface area (Å²) in [4.78, 5) is 8.74. The van der Waals surface area contributed by atoms with E-state index in [9.17, 15) is 0 Å². The number of thiophene rings is 1. The van der Waals surface area contributed by atoms with Crippen LogP contribution in [-0.4, -0.2) is 63.9 Å². The highest BCUT2D eigenvalue weighted by atomic mass is 127. The lowest BCUT2D eigenvalue weighted by molar-refractivity contribution is 0.0177. The van der Waals surface area contributed by atoms with E-state index >= 15 is 0 Å². The molecule has 1 aromatic carbocycles. The third-order valence-corrected chi connectivity index (χ3v) is 6.33. The van der Waals surface area contributed by atoms with Crippen molar-refractivity contribution in [1.29, 1.82) is 0 Å². The Labute approximate surface area is 207 Å². The lowest BCUT2D eigenvalue weighted by Crippen LogP contribution is -2.46. The molecule has 0 amide bonds. The average Bonchev–Trinajstić information content (AvgIpc) is 3.32. The van der Waals surface area contributed by atoms with Crippen molar-refractivity contribution >= 4 is 41.3 Å². The molecule has 2 N–H and O–H groups in total. The quantitative estimate of drug-likeness (QED) is 0.276. The first-order valence-corrected chi connectivity index (χ1v) is 11.6. The van der Waals surface area contributed by atoms with E-state index in [1.54, 1.807) is 7.11 Å². The number of guanidine groups is 1. The molecule has 2 atom stereocenters. The van der Waals surface area contributed by atoms with Crippen LogP contribution in [-0.2, 0) is 4.74 Å². The molecular formula is C23H35IN4O2S. The lowest BCUT2D eigenvalue weighted by atomic mass is 10.0. The Morgan fingerprint density at radius 2 is 1.97 bits per heavy atom. The molecule has 1 fully saturated rings. The number of aliphatic imine (C=N–C) groups is 1. The standard InChI is InChI=1S/C23H34N4O2S.HI/c1-4-24-23(25-16-18(2)19-8-5-6-9-21(19)28-3)26-17-20(22-10-7-15-30-22)27-11-13-29-14-12-27;/h5-10,15,18,20H,4,11-14,16-17H2,1-3H3,(H2,24,25,26);1H. The summed E-state index contributed by atoms with van der Waals surface area (Å²) < 4.78 is 11.1. The number of halogens is 1. The van der Waals surface area contributed by atoms with Gasteiger partial charge in [-0.1, -0.05) is 31.2 Å². The molecule has 2 unspecified atom stereocenters. The van der Waals surface area contributed by atoms with Gasteiger partial charge in [0.1, 0.15) is 5.75 Å². The van der Waals surface area contributed by atoms with Gasteiger partial charge in [0, 0.05) is 43.5 Å². The minimum Gasteiger partial charge on any atom is -0.496 e. The smallest absolute Gasteiger partial charge is 0.191 e. The number of benzene rings is 1. The number of rotatable bonds is 9. The van der Waals surface area contributed by atoms with Gasteiger partial charge in [-0.25, -0.2) is 0 Å². The van der Waals surface area contributed by atoms with Crippen molar-refractivity contribution in [2.24, 2.45) is 4.99 Å². The number of hydrogen-bond acceptors (Lipinski definition) is 5. The predicted octanol–water partition coefficient (Wildman–Crippen LogP) is 4.11. The zero-order chi connectivity index (χ0) is 21.2. The molecule has 0 saturated carbocycles. The second-order valence-electron chi connectivity index (χ2n) is 7.42. The summed E-state index contributed by atoms with van der Waals surface area (Å²) in [5.74, 6) is 2.04. The van der Waals surface area contributed by atoms with Crippen LogP contribution in [0.3, 0.4) is 0 Å². The SMILES string of the molecule is CCNC(=NCC(C)c1ccccc1OC)NCC(c1cccs1)N1CCOCC1.I. The Kier molecular flexibility index (Phi) is 11.6. The molecule has 1 aliphatic heterocycles. The van der Waals surface area contributed by atoms with Crippen molar-refractivity contribution < 1.29 is 9.47 Å². The fraction of sp³-hybridized carbons (Fsp3) is 0.522. The molecule has 0 radical (unpaired) electrons. The van der Waals surface area contributed by atoms with Crippen LogP contribution in [0, 0.1) is 0 Å². The number of morpholine rings is 1. The van der Waals surface area contributed by atoms with Crippen LogP contribution < -0.4 is 15.4 Å². The molecule has 1 aromatic heterocycles. The van der Waals surface area contributed by atoms with E-state index in [0.717, 1.165) is 51.1 Å². The molecule has 0 spiro atoms. The van der Waals surface area contributed by atoms with Crippen molar-refractivity contribution in [3.63, 3.8) is 0 Å².